The molecule has 0 amide bonds. The predicted octanol–water partition coefficient (Wildman–Crippen LogP) is 0.253. The minimum Gasteiger partial charge on any atom is -0.330 e. The zero-order chi connectivity index (χ0) is 14.5. The highest BCUT2D eigenvalue weighted by atomic mass is 15.3. The predicted molar refractivity (Wildman–Crippen MR) is 79.8 cm³/mol. The van der Waals surface area contributed by atoms with Crippen LogP contribution in [0.1, 0.15) is 11.1 Å². The highest BCUT2D eigenvalue weighted by Gasteiger charge is 2.22. The summed E-state index contributed by atoms with van der Waals surface area (Å²) in [6.07, 6.45) is 3.56. The summed E-state index contributed by atoms with van der Waals surface area (Å²) in [6.45, 7) is 4.89. The Morgan fingerprint density at radius 1 is 1.10 bits per heavy atom. The first-order valence-electron chi connectivity index (χ1n) is 7.20. The van der Waals surface area contributed by atoms with Gasteiger partial charge in [-0.25, -0.2) is 9.97 Å². The number of quaternary nitrogens is 1. The lowest BCUT2D eigenvalue weighted by Crippen LogP contribution is -3.13. The first kappa shape index (κ1) is 13.5. The molecule has 3 rings (SSSR count). The fourth-order valence-electron chi connectivity index (χ4n) is 2.71. The van der Waals surface area contributed by atoms with Crippen molar-refractivity contribution in [2.24, 2.45) is 0 Å². The summed E-state index contributed by atoms with van der Waals surface area (Å²) in [5.41, 5.74) is 1.93. The largest absolute Gasteiger partial charge is 0.330 e. The SMILES string of the molecule is N#Cc1ccccc1C[NH+]1CCN(c2ncccn2)CC1. The molecule has 2 heterocycles. The third-order valence-electron chi connectivity index (χ3n) is 3.88. The van der Waals surface area contributed by atoms with Crippen LogP contribution in [-0.2, 0) is 6.54 Å². The number of hydrogen-bond acceptors (Lipinski definition) is 4. The molecule has 0 spiro atoms. The monoisotopic (exact) mass is 280 g/mol. The van der Waals surface area contributed by atoms with Crippen LogP contribution in [-0.4, -0.2) is 36.1 Å². The van der Waals surface area contributed by atoms with E-state index in [2.05, 4.69) is 27.0 Å². The van der Waals surface area contributed by atoms with E-state index in [9.17, 15) is 0 Å². The number of nitriles is 1. The van der Waals surface area contributed by atoms with Gasteiger partial charge in [0.1, 0.15) is 6.54 Å². The lowest BCUT2D eigenvalue weighted by atomic mass is 10.1. The molecule has 1 N–H and O–H groups in total. The van der Waals surface area contributed by atoms with E-state index in [0.717, 1.165) is 49.8 Å². The Morgan fingerprint density at radius 3 is 2.52 bits per heavy atom. The molecule has 0 atom stereocenters. The average Bonchev–Trinajstić information content (AvgIpc) is 2.57. The molecular weight excluding hydrogens is 262 g/mol. The molecule has 1 aliphatic heterocycles. The van der Waals surface area contributed by atoms with Crippen LogP contribution < -0.4 is 9.80 Å². The lowest BCUT2D eigenvalue weighted by molar-refractivity contribution is -0.914. The van der Waals surface area contributed by atoms with Gasteiger partial charge in [0.15, 0.2) is 0 Å². The summed E-state index contributed by atoms with van der Waals surface area (Å²) < 4.78 is 0. The van der Waals surface area contributed by atoms with E-state index in [1.165, 1.54) is 4.90 Å². The van der Waals surface area contributed by atoms with Crippen LogP contribution in [0.15, 0.2) is 42.7 Å². The van der Waals surface area contributed by atoms with Gasteiger partial charge in [-0.3, -0.25) is 0 Å². The maximum Gasteiger partial charge on any atom is 0.225 e. The van der Waals surface area contributed by atoms with Crippen molar-refractivity contribution in [2.45, 2.75) is 6.54 Å². The standard InChI is InChI=1S/C16H17N5/c17-12-14-4-1-2-5-15(14)13-20-8-10-21(11-9-20)16-18-6-3-7-19-16/h1-7H,8-11,13H2/p+1. The molecule has 1 aromatic carbocycles. The number of nitrogens with zero attached hydrogens (tertiary/aromatic N) is 4. The maximum absolute atomic E-state index is 9.15. The highest BCUT2D eigenvalue weighted by molar-refractivity contribution is 5.36. The number of aromatic nitrogens is 2. The van der Waals surface area contributed by atoms with Gasteiger partial charge in [0.2, 0.25) is 5.95 Å². The summed E-state index contributed by atoms with van der Waals surface area (Å²) in [4.78, 5) is 12.3. The molecular formula is C16H18N5+. The van der Waals surface area contributed by atoms with E-state index >= 15 is 0 Å². The topological polar surface area (TPSA) is 57.2 Å². The minimum absolute atomic E-state index is 0.791. The van der Waals surface area contributed by atoms with Gasteiger partial charge >= 0.3 is 0 Å². The first-order valence-corrected chi connectivity index (χ1v) is 7.20. The van der Waals surface area contributed by atoms with Crippen LogP contribution in [0, 0.1) is 11.3 Å². The number of hydrogen-bond donors (Lipinski definition) is 1. The smallest absolute Gasteiger partial charge is 0.225 e. The van der Waals surface area contributed by atoms with Gasteiger partial charge in [0, 0.05) is 18.0 Å². The van der Waals surface area contributed by atoms with Crippen LogP contribution in [0.25, 0.3) is 0 Å². The van der Waals surface area contributed by atoms with E-state index < -0.39 is 0 Å². The number of piperazine rings is 1. The third-order valence-corrected chi connectivity index (χ3v) is 3.88. The molecule has 106 valence electrons. The van der Waals surface area contributed by atoms with Gasteiger partial charge in [0.05, 0.1) is 37.8 Å². The van der Waals surface area contributed by atoms with Gasteiger partial charge in [-0.05, 0) is 12.1 Å². The molecule has 0 aliphatic carbocycles. The molecule has 1 aromatic heterocycles. The fourth-order valence-corrected chi connectivity index (χ4v) is 2.71. The lowest BCUT2D eigenvalue weighted by Gasteiger charge is -2.32. The molecule has 0 unspecified atom stereocenters. The minimum atomic E-state index is 0.791. The van der Waals surface area contributed by atoms with Crippen LogP contribution in [0.5, 0.6) is 0 Å². The molecule has 0 radical (unpaired) electrons. The van der Waals surface area contributed by atoms with Crippen LogP contribution >= 0.6 is 0 Å². The maximum atomic E-state index is 9.15. The summed E-state index contributed by atoms with van der Waals surface area (Å²) in [5, 5.41) is 9.15. The summed E-state index contributed by atoms with van der Waals surface area (Å²) in [7, 11) is 0. The molecule has 2 aromatic rings. The molecule has 1 fully saturated rings. The van der Waals surface area contributed by atoms with Gasteiger partial charge in [-0.1, -0.05) is 18.2 Å². The van der Waals surface area contributed by atoms with Gasteiger partial charge in [0.25, 0.3) is 0 Å². The fraction of sp³-hybridized carbons (Fsp3) is 0.312. The summed E-state index contributed by atoms with van der Waals surface area (Å²) in [5.74, 6) is 0.814. The van der Waals surface area contributed by atoms with Gasteiger partial charge < -0.3 is 9.80 Å². The molecule has 1 aliphatic rings. The van der Waals surface area contributed by atoms with Crippen molar-refractivity contribution in [3.63, 3.8) is 0 Å². The number of rotatable bonds is 3. The zero-order valence-corrected chi connectivity index (χ0v) is 11.9. The second-order valence-electron chi connectivity index (χ2n) is 5.23. The van der Waals surface area contributed by atoms with Crippen molar-refractivity contribution in [1.82, 2.24) is 9.97 Å². The Kier molecular flexibility index (Phi) is 4.08. The quantitative estimate of drug-likeness (QED) is 0.876. The molecule has 5 nitrogen and oxygen atoms in total. The van der Waals surface area contributed by atoms with Crippen molar-refractivity contribution in [2.75, 3.05) is 31.1 Å². The third kappa shape index (κ3) is 3.18. The highest BCUT2D eigenvalue weighted by Crippen LogP contribution is 2.07. The molecule has 0 saturated carbocycles. The van der Waals surface area contributed by atoms with Crippen LogP contribution in [0.3, 0.4) is 0 Å². The van der Waals surface area contributed by atoms with E-state index in [4.69, 9.17) is 5.26 Å². The number of nitrogens with one attached hydrogen (secondary N) is 1. The Labute approximate surface area is 124 Å². The second kappa shape index (κ2) is 6.33. The van der Waals surface area contributed by atoms with E-state index in [1.54, 1.807) is 12.4 Å². The van der Waals surface area contributed by atoms with Crippen molar-refractivity contribution in [3.05, 3.63) is 53.9 Å². The van der Waals surface area contributed by atoms with Gasteiger partial charge in [-0.2, -0.15) is 5.26 Å². The Hall–Kier alpha value is -2.45. The second-order valence-corrected chi connectivity index (χ2v) is 5.23. The Balaban J connectivity index is 1.60. The van der Waals surface area contributed by atoms with Crippen molar-refractivity contribution in [3.8, 4) is 6.07 Å². The average molecular weight is 280 g/mol. The number of anilines is 1. The molecule has 0 bridgehead atoms. The van der Waals surface area contributed by atoms with E-state index in [0.29, 0.717) is 0 Å². The Bertz CT molecular complexity index is 627. The Morgan fingerprint density at radius 2 is 1.81 bits per heavy atom. The van der Waals surface area contributed by atoms with Crippen LogP contribution in [0.2, 0.25) is 0 Å². The van der Waals surface area contributed by atoms with Gasteiger partial charge in [-0.15, -0.1) is 0 Å². The number of benzene rings is 1. The summed E-state index contributed by atoms with van der Waals surface area (Å²) >= 11 is 0. The zero-order valence-electron chi connectivity index (χ0n) is 11.9. The van der Waals surface area contributed by atoms with Crippen molar-refractivity contribution >= 4 is 5.95 Å². The summed E-state index contributed by atoms with van der Waals surface area (Å²) in [6, 6.07) is 12.0. The normalized spacial score (nSPS) is 15.7. The van der Waals surface area contributed by atoms with Crippen molar-refractivity contribution in [1.29, 1.82) is 5.26 Å². The molecule has 5 heteroatoms. The van der Waals surface area contributed by atoms with E-state index in [1.807, 2.05) is 24.3 Å². The van der Waals surface area contributed by atoms with E-state index in [-0.39, 0.29) is 0 Å². The first-order chi connectivity index (χ1) is 10.4. The molecule has 21 heavy (non-hydrogen) atoms. The molecule has 1 saturated heterocycles. The van der Waals surface area contributed by atoms with Crippen molar-refractivity contribution < 1.29 is 4.90 Å². The van der Waals surface area contributed by atoms with Crippen LogP contribution in [0.4, 0.5) is 5.95 Å².